The van der Waals surface area contributed by atoms with E-state index in [9.17, 15) is 5.11 Å². The maximum atomic E-state index is 16.9. The Bertz CT molecular complexity index is 1740. The number of hydrogen-bond acceptors (Lipinski definition) is 7. The van der Waals surface area contributed by atoms with Crippen LogP contribution in [0.1, 0.15) is 51.0 Å². The fraction of sp³-hybridized carbons (Fsp3) is 0.486. The van der Waals surface area contributed by atoms with Crippen LogP contribution in [0.5, 0.6) is 11.8 Å². The highest BCUT2D eigenvalue weighted by Gasteiger charge is 2.45. The zero-order valence-corrected chi connectivity index (χ0v) is 25.2. The lowest BCUT2D eigenvalue weighted by molar-refractivity contribution is 0.170. The monoisotopic (exact) mass is 599 g/mol. The minimum absolute atomic E-state index is 0.0436. The number of halogens is 2. The molecule has 0 spiro atoms. The fourth-order valence-corrected chi connectivity index (χ4v) is 7.82. The average Bonchev–Trinajstić information content (AvgIpc) is 3.42. The molecule has 44 heavy (non-hydrogen) atoms. The predicted octanol–water partition coefficient (Wildman–Crippen LogP) is 6.19. The maximum Gasteiger partial charge on any atom is 0.319 e. The van der Waals surface area contributed by atoms with Gasteiger partial charge in [-0.25, -0.2) is 8.78 Å². The molecular weight excluding hydrogens is 560 g/mol. The Kier molecular flexibility index (Phi) is 6.86. The van der Waals surface area contributed by atoms with Gasteiger partial charge < -0.3 is 25.0 Å². The first-order chi connectivity index (χ1) is 21.4. The van der Waals surface area contributed by atoms with Crippen molar-refractivity contribution in [3.63, 3.8) is 0 Å². The van der Waals surface area contributed by atoms with Crippen molar-refractivity contribution in [1.29, 1.82) is 0 Å². The molecular formula is C35H39F2N5O2. The van der Waals surface area contributed by atoms with Crippen LogP contribution in [0.2, 0.25) is 0 Å². The van der Waals surface area contributed by atoms with Gasteiger partial charge in [-0.1, -0.05) is 25.1 Å². The smallest absolute Gasteiger partial charge is 0.319 e. The largest absolute Gasteiger partial charge is 0.508 e. The number of hydrogen-bond donors (Lipinski definition) is 2. The van der Waals surface area contributed by atoms with Crippen molar-refractivity contribution in [2.45, 2.75) is 64.0 Å². The minimum atomic E-state index is -0.761. The number of aromatic nitrogens is 2. The molecule has 0 amide bonds. The quantitative estimate of drug-likeness (QED) is 0.250. The van der Waals surface area contributed by atoms with Crippen molar-refractivity contribution in [1.82, 2.24) is 20.2 Å². The Morgan fingerprint density at radius 2 is 1.82 bits per heavy atom. The molecule has 9 heteroatoms. The number of nitrogens with zero attached hydrogens (tertiary/aromatic N) is 4. The summed E-state index contributed by atoms with van der Waals surface area (Å²) in [5.74, 6) is -0.988. The number of piperazine rings is 1. The second kappa shape index (κ2) is 10.8. The number of phenols is 1. The topological polar surface area (TPSA) is 73.8 Å². The van der Waals surface area contributed by atoms with Crippen molar-refractivity contribution < 1.29 is 18.6 Å². The number of benzene rings is 3. The number of fused-ring (bicyclic) bond motifs is 4. The molecule has 2 unspecified atom stereocenters. The molecule has 3 saturated heterocycles. The van der Waals surface area contributed by atoms with Crippen LogP contribution in [0, 0.1) is 17.0 Å². The third kappa shape index (κ3) is 4.94. The summed E-state index contributed by atoms with van der Waals surface area (Å²) in [4.78, 5) is 14.1. The second-order valence-electron chi connectivity index (χ2n) is 13.5. The van der Waals surface area contributed by atoms with E-state index in [1.54, 1.807) is 6.07 Å². The second-order valence-corrected chi connectivity index (χ2v) is 13.5. The van der Waals surface area contributed by atoms with Crippen molar-refractivity contribution in [2.24, 2.45) is 5.41 Å². The molecule has 4 heterocycles. The highest BCUT2D eigenvalue weighted by molar-refractivity contribution is 6.03. The Hall–Kier alpha value is -3.56. The standard InChI is InChI=1S/C35H39F2N5O2/c1-2-21-6-5-7-22-14-25(43)15-26(29(21)22)30-28(36)16-27-32(31(30)37)39-34(40-33(27)42-17-23-8-9-24(18-42)38-23)44-20-35(10-11-35)19-41-12-3-4-13-41/h5-7,14-16,23-24,38,43H,2-4,8-13,17-20H2,1H3. The SMILES string of the molecule is CCc1cccc2cc(O)cc(-c3c(F)cc4c(N5CC6CCC(C5)N6)nc(OCC5(CN6CCCC6)CC5)nc4c3F)c12. The molecule has 7 nitrogen and oxygen atoms in total. The summed E-state index contributed by atoms with van der Waals surface area (Å²) in [6.07, 6.45) is 7.51. The van der Waals surface area contributed by atoms with Crippen LogP contribution < -0.4 is 15.0 Å². The lowest BCUT2D eigenvalue weighted by Crippen LogP contribution is -2.51. The lowest BCUT2D eigenvalue weighted by atomic mass is 9.92. The molecule has 1 aliphatic carbocycles. The minimum Gasteiger partial charge on any atom is -0.508 e. The van der Waals surface area contributed by atoms with Crippen LogP contribution >= 0.6 is 0 Å². The van der Waals surface area contributed by atoms with Gasteiger partial charge in [-0.15, -0.1) is 0 Å². The van der Waals surface area contributed by atoms with Crippen LogP contribution in [0.3, 0.4) is 0 Å². The highest BCUT2D eigenvalue weighted by Crippen LogP contribution is 2.47. The van der Waals surface area contributed by atoms with Crippen LogP contribution in [0.4, 0.5) is 14.6 Å². The maximum absolute atomic E-state index is 16.9. The molecule has 1 aromatic heterocycles. The summed E-state index contributed by atoms with van der Waals surface area (Å²) in [5.41, 5.74) is 1.21. The Balaban J connectivity index is 1.25. The van der Waals surface area contributed by atoms with E-state index in [1.165, 1.54) is 25.0 Å². The van der Waals surface area contributed by atoms with E-state index >= 15 is 8.78 Å². The van der Waals surface area contributed by atoms with E-state index in [2.05, 4.69) is 20.1 Å². The van der Waals surface area contributed by atoms with Gasteiger partial charge in [0.05, 0.1) is 12.2 Å². The normalized spacial score (nSPS) is 22.8. The number of phenolic OH excluding ortho intramolecular Hbond substituents is 1. The number of anilines is 1. The molecule has 230 valence electrons. The first kappa shape index (κ1) is 28.0. The van der Waals surface area contributed by atoms with E-state index in [0.717, 1.165) is 61.7 Å². The van der Waals surface area contributed by atoms with Crippen LogP contribution in [-0.4, -0.2) is 71.4 Å². The number of aromatic hydroxyl groups is 1. The van der Waals surface area contributed by atoms with Crippen molar-refractivity contribution in [3.05, 3.63) is 53.6 Å². The first-order valence-corrected chi connectivity index (χ1v) is 16.2. The number of ether oxygens (including phenoxy) is 1. The molecule has 4 fully saturated rings. The van der Waals surface area contributed by atoms with Gasteiger partial charge in [0.25, 0.3) is 0 Å². The number of likely N-dealkylation sites (tertiary alicyclic amines) is 1. The molecule has 8 rings (SSSR count). The summed E-state index contributed by atoms with van der Waals surface area (Å²) in [7, 11) is 0. The zero-order chi connectivity index (χ0) is 30.0. The first-order valence-electron chi connectivity index (χ1n) is 16.2. The lowest BCUT2D eigenvalue weighted by Gasteiger charge is -2.34. The molecule has 1 saturated carbocycles. The van der Waals surface area contributed by atoms with Crippen molar-refractivity contribution in [3.8, 4) is 22.9 Å². The van der Waals surface area contributed by atoms with Gasteiger partial charge in [0.1, 0.15) is 22.9 Å². The predicted molar refractivity (Wildman–Crippen MR) is 168 cm³/mol. The van der Waals surface area contributed by atoms with Gasteiger partial charge in [-0.2, -0.15) is 9.97 Å². The van der Waals surface area contributed by atoms with Crippen molar-refractivity contribution in [2.75, 3.05) is 44.2 Å². The summed E-state index contributed by atoms with van der Waals surface area (Å²) < 4.78 is 39.4. The van der Waals surface area contributed by atoms with E-state index in [1.807, 2.05) is 25.1 Å². The highest BCUT2D eigenvalue weighted by atomic mass is 19.1. The van der Waals surface area contributed by atoms with Gasteiger partial charge in [0, 0.05) is 42.5 Å². The van der Waals surface area contributed by atoms with Crippen LogP contribution in [-0.2, 0) is 6.42 Å². The number of nitrogens with one attached hydrogen (secondary N) is 1. The summed E-state index contributed by atoms with van der Waals surface area (Å²) >= 11 is 0. The van der Waals surface area contributed by atoms with Crippen LogP contribution in [0.15, 0.2) is 36.4 Å². The van der Waals surface area contributed by atoms with E-state index in [-0.39, 0.29) is 28.3 Å². The summed E-state index contributed by atoms with van der Waals surface area (Å²) in [6.45, 7) is 7.18. The van der Waals surface area contributed by atoms with Gasteiger partial charge in [-0.05, 0) is 98.1 Å². The molecule has 2 atom stereocenters. The number of rotatable bonds is 8. The van der Waals surface area contributed by atoms with E-state index in [4.69, 9.17) is 9.72 Å². The molecule has 2 N–H and O–H groups in total. The summed E-state index contributed by atoms with van der Waals surface area (Å²) in [5, 5.41) is 16.0. The Labute approximate surface area is 256 Å². The van der Waals surface area contributed by atoms with Gasteiger partial charge in [-0.3, -0.25) is 0 Å². The summed E-state index contributed by atoms with van der Waals surface area (Å²) in [6, 6.07) is 11.0. The van der Waals surface area contributed by atoms with E-state index in [0.29, 0.717) is 55.0 Å². The number of aryl methyl sites for hydroxylation is 1. The molecule has 4 aromatic rings. The zero-order valence-electron chi connectivity index (χ0n) is 25.2. The molecule has 3 aromatic carbocycles. The third-order valence-corrected chi connectivity index (χ3v) is 10.3. The van der Waals surface area contributed by atoms with E-state index < -0.39 is 11.6 Å². The van der Waals surface area contributed by atoms with Crippen molar-refractivity contribution >= 4 is 27.5 Å². The van der Waals surface area contributed by atoms with Gasteiger partial charge >= 0.3 is 6.01 Å². The third-order valence-electron chi connectivity index (χ3n) is 10.3. The van der Waals surface area contributed by atoms with Gasteiger partial charge in [0.2, 0.25) is 0 Å². The van der Waals surface area contributed by atoms with Crippen LogP contribution in [0.25, 0.3) is 32.8 Å². The molecule has 3 aliphatic heterocycles. The fourth-order valence-electron chi connectivity index (χ4n) is 7.82. The Morgan fingerprint density at radius 1 is 1.05 bits per heavy atom. The molecule has 4 aliphatic rings. The average molecular weight is 600 g/mol. The molecule has 0 radical (unpaired) electrons. The van der Waals surface area contributed by atoms with Gasteiger partial charge in [0.15, 0.2) is 5.82 Å². The Morgan fingerprint density at radius 3 is 2.55 bits per heavy atom. The molecule has 2 bridgehead atoms.